The summed E-state index contributed by atoms with van der Waals surface area (Å²) in [5, 5.41) is 17.7. The number of Topliss-reactive ketones (excluding diaryl/α,β-unsaturated/α-hetero) is 1. The van der Waals surface area contributed by atoms with E-state index in [2.05, 4.69) is 52.2 Å². The first-order valence-corrected chi connectivity index (χ1v) is 9.31. The van der Waals surface area contributed by atoms with Gasteiger partial charge in [-0.15, -0.1) is 0 Å². The monoisotopic (exact) mass is 374 g/mol. The van der Waals surface area contributed by atoms with Crippen LogP contribution in [0.3, 0.4) is 0 Å². The van der Waals surface area contributed by atoms with E-state index in [0.29, 0.717) is 16.4 Å². The number of benzene rings is 1. The summed E-state index contributed by atoms with van der Waals surface area (Å²) in [5.41, 5.74) is 3.65. The fraction of sp³-hybridized carbons (Fsp3) is 0.524. The van der Waals surface area contributed by atoms with Crippen LogP contribution in [0, 0.1) is 0 Å². The van der Waals surface area contributed by atoms with Gasteiger partial charge in [-0.05, 0) is 65.7 Å². The van der Waals surface area contributed by atoms with Gasteiger partial charge in [0.2, 0.25) is 0 Å². The maximum Gasteiger partial charge on any atom is 0.171 e. The van der Waals surface area contributed by atoms with Gasteiger partial charge in [0.1, 0.15) is 5.75 Å². The molecule has 0 radical (unpaired) electrons. The van der Waals surface area contributed by atoms with Crippen LogP contribution in [0.4, 0.5) is 0 Å². The van der Waals surface area contributed by atoms with Crippen molar-refractivity contribution in [1.82, 2.24) is 10.6 Å². The summed E-state index contributed by atoms with van der Waals surface area (Å²) >= 11 is 5.32. The second kappa shape index (κ2) is 6.69. The van der Waals surface area contributed by atoms with Crippen LogP contribution in [0.2, 0.25) is 0 Å². The van der Waals surface area contributed by atoms with Crippen LogP contribution in [-0.2, 0) is 15.6 Å². The van der Waals surface area contributed by atoms with Crippen LogP contribution in [0.15, 0.2) is 23.4 Å². The van der Waals surface area contributed by atoms with Crippen LogP contribution in [-0.4, -0.2) is 16.0 Å². The van der Waals surface area contributed by atoms with Crippen molar-refractivity contribution in [3.63, 3.8) is 0 Å². The Morgan fingerprint density at radius 3 is 1.92 bits per heavy atom. The SMILES string of the molecule is CC(=O)C1=C(C)NC(=S)NC1c1cc(C(C)(C)C)c(O)c(C(C)(C)C)c1. The highest BCUT2D eigenvalue weighted by atomic mass is 32.1. The first-order chi connectivity index (χ1) is 11.7. The summed E-state index contributed by atoms with van der Waals surface area (Å²) in [5.74, 6) is 0.327. The molecule has 1 unspecified atom stereocenters. The largest absolute Gasteiger partial charge is 0.507 e. The molecule has 3 N–H and O–H groups in total. The summed E-state index contributed by atoms with van der Waals surface area (Å²) in [4.78, 5) is 12.3. The summed E-state index contributed by atoms with van der Waals surface area (Å²) in [6, 6.07) is 3.66. The van der Waals surface area contributed by atoms with Crippen molar-refractivity contribution in [1.29, 1.82) is 0 Å². The van der Waals surface area contributed by atoms with Crippen LogP contribution >= 0.6 is 12.2 Å². The minimum atomic E-state index is -0.330. The van der Waals surface area contributed by atoms with E-state index in [1.807, 2.05) is 19.1 Å². The van der Waals surface area contributed by atoms with E-state index in [1.54, 1.807) is 6.92 Å². The number of phenolic OH excluding ortho intramolecular Hbond substituents is 1. The Morgan fingerprint density at radius 1 is 1.08 bits per heavy atom. The maximum absolute atomic E-state index is 12.3. The van der Waals surface area contributed by atoms with E-state index in [1.165, 1.54) is 0 Å². The van der Waals surface area contributed by atoms with Crippen LogP contribution in [0.1, 0.15) is 78.1 Å². The highest BCUT2D eigenvalue weighted by Gasteiger charge is 2.32. The lowest BCUT2D eigenvalue weighted by molar-refractivity contribution is -0.114. The highest BCUT2D eigenvalue weighted by molar-refractivity contribution is 7.80. The van der Waals surface area contributed by atoms with Crippen molar-refractivity contribution in [3.05, 3.63) is 40.1 Å². The maximum atomic E-state index is 12.3. The average molecular weight is 375 g/mol. The Balaban J connectivity index is 2.78. The highest BCUT2D eigenvalue weighted by Crippen LogP contribution is 2.42. The van der Waals surface area contributed by atoms with Gasteiger partial charge in [-0.25, -0.2) is 0 Å². The molecule has 0 aliphatic carbocycles. The molecule has 2 rings (SSSR count). The molecule has 1 heterocycles. The van der Waals surface area contributed by atoms with Gasteiger partial charge in [-0.1, -0.05) is 41.5 Å². The van der Waals surface area contributed by atoms with Gasteiger partial charge in [0.15, 0.2) is 10.9 Å². The average Bonchev–Trinajstić information content (AvgIpc) is 2.43. The lowest BCUT2D eigenvalue weighted by Gasteiger charge is -2.33. The third kappa shape index (κ3) is 3.93. The van der Waals surface area contributed by atoms with Gasteiger partial charge in [0.25, 0.3) is 0 Å². The van der Waals surface area contributed by atoms with E-state index in [9.17, 15) is 9.90 Å². The Kier molecular flexibility index (Phi) is 5.26. The smallest absolute Gasteiger partial charge is 0.171 e. The predicted octanol–water partition coefficient (Wildman–Crippen LogP) is 4.37. The van der Waals surface area contributed by atoms with Crippen molar-refractivity contribution in [3.8, 4) is 5.75 Å². The second-order valence-electron chi connectivity index (χ2n) is 9.09. The zero-order valence-electron chi connectivity index (χ0n) is 17.0. The molecule has 5 heteroatoms. The fourth-order valence-corrected chi connectivity index (χ4v) is 3.65. The predicted molar refractivity (Wildman–Crippen MR) is 110 cm³/mol. The second-order valence-corrected chi connectivity index (χ2v) is 9.50. The summed E-state index contributed by atoms with van der Waals surface area (Å²) in [6.07, 6.45) is 0. The Hall–Kier alpha value is -1.88. The van der Waals surface area contributed by atoms with Crippen molar-refractivity contribution in [2.75, 3.05) is 0 Å². The molecule has 0 saturated carbocycles. The molecule has 0 spiro atoms. The molecular formula is C21H30N2O2S. The summed E-state index contributed by atoms with van der Waals surface area (Å²) in [6.45, 7) is 15.9. The first kappa shape index (κ1) is 20.4. The molecule has 1 atom stereocenters. The van der Waals surface area contributed by atoms with Gasteiger partial charge < -0.3 is 15.7 Å². The number of carbonyl (C=O) groups excluding carboxylic acids is 1. The summed E-state index contributed by atoms with van der Waals surface area (Å²) < 4.78 is 0. The van der Waals surface area contributed by atoms with E-state index in [4.69, 9.17) is 12.2 Å². The topological polar surface area (TPSA) is 61.4 Å². The molecular weight excluding hydrogens is 344 g/mol. The zero-order chi connectivity index (χ0) is 20.0. The third-order valence-corrected chi connectivity index (χ3v) is 4.95. The van der Waals surface area contributed by atoms with E-state index < -0.39 is 0 Å². The summed E-state index contributed by atoms with van der Waals surface area (Å²) in [7, 11) is 0. The molecule has 0 aromatic heterocycles. The number of phenols is 1. The molecule has 1 aromatic carbocycles. The quantitative estimate of drug-likeness (QED) is 0.671. The van der Waals surface area contributed by atoms with Crippen LogP contribution in [0.25, 0.3) is 0 Å². The number of thiocarbonyl (C=S) groups is 1. The van der Waals surface area contributed by atoms with E-state index in [0.717, 1.165) is 22.4 Å². The number of carbonyl (C=O) groups is 1. The molecule has 1 aliphatic rings. The molecule has 142 valence electrons. The van der Waals surface area contributed by atoms with Gasteiger partial charge in [-0.2, -0.15) is 0 Å². The first-order valence-electron chi connectivity index (χ1n) is 8.90. The molecule has 0 amide bonds. The van der Waals surface area contributed by atoms with Crippen molar-refractivity contribution >= 4 is 23.1 Å². The van der Waals surface area contributed by atoms with Crippen molar-refractivity contribution < 1.29 is 9.90 Å². The lowest BCUT2D eigenvalue weighted by atomic mass is 9.77. The number of ketones is 1. The minimum absolute atomic E-state index is 0.00214. The standard InChI is InChI=1S/C21H30N2O2S/c1-11-16(12(2)24)17(23-19(26)22-11)13-9-14(20(3,4)5)18(25)15(10-13)21(6,7)8/h9-10,17,25H,1-8H3,(H2,22,23,26). The van der Waals surface area contributed by atoms with Crippen LogP contribution in [0.5, 0.6) is 5.75 Å². The Labute approximate surface area is 162 Å². The third-order valence-electron chi connectivity index (χ3n) is 4.73. The number of nitrogens with one attached hydrogen (secondary N) is 2. The molecule has 1 aromatic rings. The lowest BCUT2D eigenvalue weighted by Crippen LogP contribution is -2.44. The van der Waals surface area contributed by atoms with Gasteiger partial charge in [0.05, 0.1) is 6.04 Å². The van der Waals surface area contributed by atoms with Crippen LogP contribution < -0.4 is 10.6 Å². The zero-order valence-corrected chi connectivity index (χ0v) is 17.8. The van der Waals surface area contributed by atoms with Crippen molar-refractivity contribution in [2.45, 2.75) is 72.3 Å². The van der Waals surface area contributed by atoms with Gasteiger partial charge in [0, 0.05) is 11.3 Å². The number of rotatable bonds is 2. The molecule has 4 nitrogen and oxygen atoms in total. The Bertz CT molecular complexity index is 760. The van der Waals surface area contributed by atoms with Gasteiger partial charge in [-0.3, -0.25) is 4.79 Å². The molecule has 0 saturated heterocycles. The Morgan fingerprint density at radius 2 is 1.54 bits per heavy atom. The van der Waals surface area contributed by atoms with Gasteiger partial charge >= 0.3 is 0 Å². The fourth-order valence-electron chi connectivity index (χ4n) is 3.38. The molecule has 26 heavy (non-hydrogen) atoms. The van der Waals surface area contributed by atoms with E-state index >= 15 is 0 Å². The number of hydrogen-bond donors (Lipinski definition) is 3. The number of allylic oxidation sites excluding steroid dienone is 1. The molecule has 0 fully saturated rings. The molecule has 1 aliphatic heterocycles. The number of aromatic hydroxyl groups is 1. The minimum Gasteiger partial charge on any atom is -0.507 e. The number of hydrogen-bond acceptors (Lipinski definition) is 3. The van der Waals surface area contributed by atoms with E-state index in [-0.39, 0.29) is 22.7 Å². The molecule has 0 bridgehead atoms. The normalized spacial score (nSPS) is 18.5. The van der Waals surface area contributed by atoms with Crippen molar-refractivity contribution in [2.24, 2.45) is 0 Å².